The average Bonchev–Trinajstić information content (AvgIpc) is 3.69. The number of nitrogens with two attached hydrogens (primary N) is 2. The van der Waals surface area contributed by atoms with Crippen molar-refractivity contribution in [1.29, 1.82) is 0 Å². The standard InChI is InChI=1S/C35H40N6O5/c36-27(17-22-13-15-24(42)16-14-22)34(45)39-29-12-6-10-26(29)33(44)41-31(18-21-7-2-1-3-8-21)35(46)40-30(32(37)43)19-23-20-38-28-11-5-4-9-25(23)28/h1-5,7-9,11,13-16,20,26-27,29-31,38,42H,6,10,12,17-19,36H2,(H2,37,43)(H,39,45)(H,40,46)(H,41,44)/t26-,27-,29+,30-,31-/m0/s1. The van der Waals surface area contributed by atoms with Gasteiger partial charge in [-0.05, 0) is 54.2 Å². The molecule has 1 aliphatic rings. The Hall–Kier alpha value is -5.16. The molecule has 0 aliphatic heterocycles. The number of benzene rings is 3. The van der Waals surface area contributed by atoms with Gasteiger partial charge in [0.25, 0.3) is 0 Å². The molecule has 5 atom stereocenters. The van der Waals surface area contributed by atoms with Gasteiger partial charge in [-0.15, -0.1) is 0 Å². The lowest BCUT2D eigenvalue weighted by molar-refractivity contribution is -0.133. The van der Waals surface area contributed by atoms with Crippen LogP contribution in [0.15, 0.2) is 85.1 Å². The van der Waals surface area contributed by atoms with Crippen LogP contribution in [-0.4, -0.2) is 57.9 Å². The van der Waals surface area contributed by atoms with Gasteiger partial charge in [-0.1, -0.05) is 67.1 Å². The number of fused-ring (bicyclic) bond motifs is 1. The van der Waals surface area contributed by atoms with Crippen molar-refractivity contribution in [3.05, 3.63) is 102 Å². The topological polar surface area (TPSA) is 192 Å². The van der Waals surface area contributed by atoms with E-state index in [1.54, 1.807) is 18.3 Å². The average molecular weight is 625 g/mol. The predicted molar refractivity (Wildman–Crippen MR) is 174 cm³/mol. The Kier molecular flexibility index (Phi) is 10.3. The second-order valence-electron chi connectivity index (χ2n) is 11.9. The number of aromatic hydroxyl groups is 1. The fraction of sp³-hybridized carbons (Fsp3) is 0.314. The number of para-hydroxylation sites is 1. The summed E-state index contributed by atoms with van der Waals surface area (Å²) in [4.78, 5) is 56.0. The van der Waals surface area contributed by atoms with Gasteiger partial charge < -0.3 is 37.5 Å². The quantitative estimate of drug-likeness (QED) is 0.119. The maximum Gasteiger partial charge on any atom is 0.243 e. The van der Waals surface area contributed by atoms with Crippen LogP contribution in [0.5, 0.6) is 5.75 Å². The van der Waals surface area contributed by atoms with Crippen molar-refractivity contribution in [3.63, 3.8) is 0 Å². The van der Waals surface area contributed by atoms with E-state index < -0.39 is 41.9 Å². The summed E-state index contributed by atoms with van der Waals surface area (Å²) >= 11 is 0. The van der Waals surface area contributed by atoms with E-state index in [0.717, 1.165) is 34.0 Å². The summed E-state index contributed by atoms with van der Waals surface area (Å²) < 4.78 is 0. The zero-order valence-electron chi connectivity index (χ0n) is 25.4. The molecule has 4 aromatic rings. The molecule has 1 aromatic heterocycles. The molecule has 1 saturated carbocycles. The molecular formula is C35H40N6O5. The highest BCUT2D eigenvalue weighted by atomic mass is 16.3. The normalized spacial score (nSPS) is 17.9. The molecule has 1 fully saturated rings. The molecule has 0 radical (unpaired) electrons. The van der Waals surface area contributed by atoms with Crippen molar-refractivity contribution in [1.82, 2.24) is 20.9 Å². The third-order valence-electron chi connectivity index (χ3n) is 8.58. The number of nitrogens with one attached hydrogen (secondary N) is 4. The third kappa shape index (κ3) is 8.10. The van der Waals surface area contributed by atoms with Crippen molar-refractivity contribution in [2.24, 2.45) is 17.4 Å². The first-order valence-corrected chi connectivity index (χ1v) is 15.5. The lowest BCUT2D eigenvalue weighted by Crippen LogP contribution is -2.56. The first-order chi connectivity index (χ1) is 22.2. The maximum atomic E-state index is 13.7. The lowest BCUT2D eigenvalue weighted by Gasteiger charge is -2.26. The number of H-pyrrole nitrogens is 1. The number of hydrogen-bond donors (Lipinski definition) is 7. The van der Waals surface area contributed by atoms with Crippen molar-refractivity contribution in [3.8, 4) is 5.75 Å². The molecule has 11 nitrogen and oxygen atoms in total. The Morgan fingerprint density at radius 3 is 2.24 bits per heavy atom. The van der Waals surface area contributed by atoms with Gasteiger partial charge in [0, 0.05) is 36.0 Å². The van der Waals surface area contributed by atoms with Crippen molar-refractivity contribution in [2.45, 2.75) is 62.7 Å². The van der Waals surface area contributed by atoms with Crippen LogP contribution in [0.2, 0.25) is 0 Å². The highest BCUT2D eigenvalue weighted by Gasteiger charge is 2.37. The number of primary amides is 1. The molecule has 1 aliphatic carbocycles. The minimum atomic E-state index is -1.00. The van der Waals surface area contributed by atoms with Gasteiger partial charge in [0.2, 0.25) is 23.6 Å². The van der Waals surface area contributed by atoms with Crippen LogP contribution in [-0.2, 0) is 38.4 Å². The Bertz CT molecular complexity index is 1670. The summed E-state index contributed by atoms with van der Waals surface area (Å²) in [6.07, 6.45) is 4.29. The molecule has 9 N–H and O–H groups in total. The van der Waals surface area contributed by atoms with E-state index in [0.29, 0.717) is 12.8 Å². The van der Waals surface area contributed by atoms with Gasteiger partial charge in [-0.3, -0.25) is 19.2 Å². The van der Waals surface area contributed by atoms with Crippen LogP contribution < -0.4 is 27.4 Å². The summed E-state index contributed by atoms with van der Waals surface area (Å²) in [7, 11) is 0. The SMILES string of the molecule is NC(=O)[C@H](Cc1c[nH]c2ccccc12)NC(=O)[C@H](Cc1ccccc1)NC(=O)[C@H]1CCC[C@H]1NC(=O)[C@@H](N)Cc1ccc(O)cc1. The molecule has 1 heterocycles. The molecule has 11 heteroatoms. The number of aromatic amines is 1. The zero-order valence-corrected chi connectivity index (χ0v) is 25.4. The Morgan fingerprint density at radius 2 is 1.50 bits per heavy atom. The highest BCUT2D eigenvalue weighted by molar-refractivity contribution is 5.93. The maximum absolute atomic E-state index is 13.7. The number of carbonyl (C=O) groups is 4. The van der Waals surface area contributed by atoms with Crippen LogP contribution >= 0.6 is 0 Å². The Balaban J connectivity index is 1.26. The van der Waals surface area contributed by atoms with E-state index in [9.17, 15) is 24.3 Å². The molecule has 3 aromatic carbocycles. The largest absolute Gasteiger partial charge is 0.508 e. The second-order valence-corrected chi connectivity index (χ2v) is 11.9. The third-order valence-corrected chi connectivity index (χ3v) is 8.58. The molecule has 5 rings (SSSR count). The summed E-state index contributed by atoms with van der Waals surface area (Å²) in [5, 5.41) is 19.1. The Labute approximate surface area is 267 Å². The van der Waals surface area contributed by atoms with E-state index in [-0.39, 0.29) is 36.8 Å². The van der Waals surface area contributed by atoms with Crippen molar-refractivity contribution >= 4 is 34.5 Å². The number of carbonyl (C=O) groups excluding carboxylic acids is 4. The summed E-state index contributed by atoms with van der Waals surface area (Å²) in [6, 6.07) is 20.1. The predicted octanol–water partition coefficient (Wildman–Crippen LogP) is 1.97. The van der Waals surface area contributed by atoms with Crippen molar-refractivity contribution in [2.75, 3.05) is 0 Å². The first kappa shape index (κ1) is 32.2. The number of rotatable bonds is 13. The molecule has 0 unspecified atom stereocenters. The van der Waals surface area contributed by atoms with E-state index in [2.05, 4.69) is 20.9 Å². The van der Waals surface area contributed by atoms with Crippen LogP contribution in [0, 0.1) is 5.92 Å². The fourth-order valence-corrected chi connectivity index (χ4v) is 6.07. The Morgan fingerprint density at radius 1 is 0.804 bits per heavy atom. The number of aromatic nitrogens is 1. The number of phenolic OH excluding ortho intramolecular Hbond substituents is 1. The van der Waals surface area contributed by atoms with E-state index in [4.69, 9.17) is 11.5 Å². The van der Waals surface area contributed by atoms with E-state index in [1.165, 1.54) is 12.1 Å². The van der Waals surface area contributed by atoms with Gasteiger partial charge >= 0.3 is 0 Å². The monoisotopic (exact) mass is 624 g/mol. The van der Waals surface area contributed by atoms with Crippen LogP contribution in [0.1, 0.15) is 36.0 Å². The minimum Gasteiger partial charge on any atom is -0.508 e. The smallest absolute Gasteiger partial charge is 0.243 e. The molecule has 46 heavy (non-hydrogen) atoms. The van der Waals surface area contributed by atoms with Gasteiger partial charge in [-0.2, -0.15) is 0 Å². The molecule has 4 amide bonds. The van der Waals surface area contributed by atoms with Gasteiger partial charge in [-0.25, -0.2) is 0 Å². The van der Waals surface area contributed by atoms with Gasteiger partial charge in [0.15, 0.2) is 0 Å². The highest BCUT2D eigenvalue weighted by Crippen LogP contribution is 2.26. The fourth-order valence-electron chi connectivity index (χ4n) is 6.07. The number of phenols is 1. The van der Waals surface area contributed by atoms with Crippen molar-refractivity contribution < 1.29 is 24.3 Å². The van der Waals surface area contributed by atoms with E-state index in [1.807, 2.05) is 54.6 Å². The summed E-state index contributed by atoms with van der Waals surface area (Å²) in [6.45, 7) is 0. The van der Waals surface area contributed by atoms with Gasteiger partial charge in [0.05, 0.1) is 12.0 Å². The van der Waals surface area contributed by atoms with Crippen LogP contribution in [0.25, 0.3) is 10.9 Å². The second kappa shape index (κ2) is 14.7. The molecule has 0 saturated heterocycles. The number of hydrogen-bond acceptors (Lipinski definition) is 6. The number of amides is 4. The molecule has 0 bridgehead atoms. The van der Waals surface area contributed by atoms with Crippen LogP contribution in [0.3, 0.4) is 0 Å². The van der Waals surface area contributed by atoms with Crippen LogP contribution in [0.4, 0.5) is 0 Å². The van der Waals surface area contributed by atoms with E-state index >= 15 is 0 Å². The zero-order chi connectivity index (χ0) is 32.6. The molecular weight excluding hydrogens is 584 g/mol. The summed E-state index contributed by atoms with van der Waals surface area (Å²) in [5.41, 5.74) is 15.3. The molecule has 240 valence electrons. The lowest BCUT2D eigenvalue weighted by atomic mass is 9.98. The van der Waals surface area contributed by atoms with Gasteiger partial charge in [0.1, 0.15) is 17.8 Å². The summed E-state index contributed by atoms with van der Waals surface area (Å²) in [5.74, 6) is -2.40. The minimum absolute atomic E-state index is 0.125. The molecule has 0 spiro atoms. The first-order valence-electron chi connectivity index (χ1n) is 15.5.